The average Bonchev–Trinajstić information content (AvgIpc) is 2.28. The van der Waals surface area contributed by atoms with Crippen molar-refractivity contribution >= 4 is 17.4 Å². The van der Waals surface area contributed by atoms with E-state index >= 15 is 0 Å². The van der Waals surface area contributed by atoms with Crippen molar-refractivity contribution < 1.29 is 9.53 Å². The maximum Gasteiger partial charge on any atom is 0.164 e. The normalized spacial score (nSPS) is 10.2. The first-order chi connectivity index (χ1) is 7.63. The molecular formula is C12H16ClNO2. The van der Waals surface area contributed by atoms with Gasteiger partial charge in [0, 0.05) is 22.6 Å². The van der Waals surface area contributed by atoms with Crippen molar-refractivity contribution in [3.8, 4) is 5.75 Å². The van der Waals surface area contributed by atoms with Gasteiger partial charge in [-0.1, -0.05) is 18.5 Å². The smallest absolute Gasteiger partial charge is 0.164 e. The summed E-state index contributed by atoms with van der Waals surface area (Å²) in [5, 5.41) is 0.509. The number of methoxy groups -OCH3 is 1. The summed E-state index contributed by atoms with van der Waals surface area (Å²) in [6.45, 7) is 2.32. The minimum atomic E-state index is 0.0140. The lowest BCUT2D eigenvalue weighted by molar-refractivity contribution is 0.0984. The van der Waals surface area contributed by atoms with Gasteiger partial charge < -0.3 is 10.5 Å². The lowest BCUT2D eigenvalue weighted by Gasteiger charge is -2.12. The van der Waals surface area contributed by atoms with Crippen LogP contribution in [-0.4, -0.2) is 19.4 Å². The number of nitrogens with two attached hydrogens (primary N) is 1. The van der Waals surface area contributed by atoms with Gasteiger partial charge in [0.25, 0.3) is 0 Å². The van der Waals surface area contributed by atoms with Crippen LogP contribution in [0, 0.1) is 0 Å². The summed E-state index contributed by atoms with van der Waals surface area (Å²) in [4.78, 5) is 11.9. The van der Waals surface area contributed by atoms with Crippen LogP contribution in [0.1, 0.15) is 29.3 Å². The zero-order chi connectivity index (χ0) is 12.1. The predicted octanol–water partition coefficient (Wildman–Crippen LogP) is 2.44. The molecular weight excluding hydrogens is 226 g/mol. The Morgan fingerprint density at radius 3 is 2.69 bits per heavy atom. The number of carbonyl (C=O) groups excluding carboxylic acids is 1. The van der Waals surface area contributed by atoms with Crippen LogP contribution in [0.4, 0.5) is 0 Å². The van der Waals surface area contributed by atoms with Crippen LogP contribution in [0.2, 0.25) is 5.02 Å². The van der Waals surface area contributed by atoms with E-state index in [-0.39, 0.29) is 5.78 Å². The van der Waals surface area contributed by atoms with E-state index in [1.165, 1.54) is 0 Å². The number of rotatable bonds is 5. The number of ketones is 1. The van der Waals surface area contributed by atoms with Gasteiger partial charge >= 0.3 is 0 Å². The zero-order valence-electron chi connectivity index (χ0n) is 9.55. The zero-order valence-corrected chi connectivity index (χ0v) is 10.3. The highest BCUT2D eigenvalue weighted by molar-refractivity contribution is 6.31. The van der Waals surface area contributed by atoms with E-state index in [9.17, 15) is 4.79 Å². The highest BCUT2D eigenvalue weighted by atomic mass is 35.5. The summed E-state index contributed by atoms with van der Waals surface area (Å²) in [7, 11) is 1.57. The molecule has 0 amide bonds. The maximum absolute atomic E-state index is 11.9. The van der Waals surface area contributed by atoms with Crippen molar-refractivity contribution in [2.75, 3.05) is 13.7 Å². The van der Waals surface area contributed by atoms with Gasteiger partial charge in [0.2, 0.25) is 0 Å². The maximum atomic E-state index is 11.9. The van der Waals surface area contributed by atoms with Crippen LogP contribution < -0.4 is 10.5 Å². The van der Waals surface area contributed by atoms with Gasteiger partial charge in [-0.15, -0.1) is 0 Å². The van der Waals surface area contributed by atoms with E-state index < -0.39 is 0 Å². The fourth-order valence-corrected chi connectivity index (χ4v) is 1.88. The molecule has 1 aromatic carbocycles. The molecule has 0 saturated carbocycles. The molecule has 0 fully saturated rings. The molecule has 1 rings (SSSR count). The first kappa shape index (κ1) is 13.0. The van der Waals surface area contributed by atoms with Gasteiger partial charge in [-0.3, -0.25) is 4.79 Å². The third-order valence-electron chi connectivity index (χ3n) is 2.42. The number of carbonyl (C=O) groups is 1. The lowest BCUT2D eigenvalue weighted by Crippen LogP contribution is -2.11. The molecule has 3 nitrogen and oxygen atoms in total. The van der Waals surface area contributed by atoms with E-state index in [4.69, 9.17) is 22.1 Å². The van der Waals surface area contributed by atoms with Crippen molar-refractivity contribution in [3.05, 3.63) is 28.3 Å². The van der Waals surface area contributed by atoms with Crippen LogP contribution in [-0.2, 0) is 6.42 Å². The summed E-state index contributed by atoms with van der Waals surface area (Å²) in [6.07, 6.45) is 1.06. The molecule has 0 aliphatic carbocycles. The molecule has 1 aromatic rings. The van der Waals surface area contributed by atoms with Crippen LogP contribution in [0.25, 0.3) is 0 Å². The third-order valence-corrected chi connectivity index (χ3v) is 2.64. The molecule has 16 heavy (non-hydrogen) atoms. The first-order valence-electron chi connectivity index (χ1n) is 5.23. The standard InChI is InChI=1S/C12H16ClNO2/c1-3-9-10(11(15)4-5-14)6-8(13)7-12(9)16-2/h6-7H,3-5,14H2,1-2H3. The molecule has 0 aliphatic heterocycles. The van der Waals surface area contributed by atoms with Gasteiger partial charge in [0.05, 0.1) is 7.11 Å². The lowest BCUT2D eigenvalue weighted by atomic mass is 9.99. The molecule has 0 aliphatic rings. The number of halogens is 1. The van der Waals surface area contributed by atoms with E-state index in [1.54, 1.807) is 19.2 Å². The summed E-state index contributed by atoms with van der Waals surface area (Å²) in [5.74, 6) is 0.676. The quantitative estimate of drug-likeness (QED) is 0.806. The molecule has 0 bridgehead atoms. The number of Topliss-reactive ketones (excluding diaryl/α,β-unsaturated/α-hetero) is 1. The van der Waals surface area contributed by atoms with Gasteiger partial charge in [-0.25, -0.2) is 0 Å². The fraction of sp³-hybridized carbons (Fsp3) is 0.417. The minimum Gasteiger partial charge on any atom is -0.496 e. The van der Waals surface area contributed by atoms with E-state index in [1.807, 2.05) is 6.92 Å². The van der Waals surface area contributed by atoms with Gasteiger partial charge in [-0.05, 0) is 25.1 Å². The fourth-order valence-electron chi connectivity index (χ4n) is 1.67. The van der Waals surface area contributed by atoms with Crippen LogP contribution in [0.5, 0.6) is 5.75 Å². The molecule has 0 atom stereocenters. The molecule has 0 heterocycles. The summed E-state index contributed by atoms with van der Waals surface area (Å²) < 4.78 is 5.22. The molecule has 88 valence electrons. The van der Waals surface area contributed by atoms with Crippen LogP contribution >= 0.6 is 11.6 Å². The highest BCUT2D eigenvalue weighted by Gasteiger charge is 2.15. The van der Waals surface area contributed by atoms with E-state index in [0.29, 0.717) is 29.3 Å². The monoisotopic (exact) mass is 241 g/mol. The summed E-state index contributed by atoms with van der Waals surface area (Å²) in [5.41, 5.74) is 6.90. The number of ether oxygens (including phenoxy) is 1. The Bertz CT molecular complexity index is 391. The van der Waals surface area contributed by atoms with Crippen molar-refractivity contribution in [2.24, 2.45) is 5.73 Å². The molecule has 2 N–H and O–H groups in total. The Morgan fingerprint density at radius 1 is 1.50 bits per heavy atom. The Morgan fingerprint density at radius 2 is 2.19 bits per heavy atom. The Balaban J connectivity index is 3.24. The topological polar surface area (TPSA) is 52.3 Å². The van der Waals surface area contributed by atoms with Gasteiger partial charge in [-0.2, -0.15) is 0 Å². The molecule has 4 heteroatoms. The average molecular weight is 242 g/mol. The SMILES string of the molecule is CCc1c(OC)cc(Cl)cc1C(=O)CCN. The number of hydrogen-bond acceptors (Lipinski definition) is 3. The molecule has 0 unspecified atom stereocenters. The third kappa shape index (κ3) is 2.74. The van der Waals surface area contributed by atoms with Crippen molar-refractivity contribution in [1.29, 1.82) is 0 Å². The van der Waals surface area contributed by atoms with Crippen LogP contribution in [0.3, 0.4) is 0 Å². The molecule has 0 spiro atoms. The second kappa shape index (κ2) is 5.87. The largest absolute Gasteiger partial charge is 0.496 e. The predicted molar refractivity (Wildman–Crippen MR) is 65.4 cm³/mol. The van der Waals surface area contributed by atoms with E-state index in [2.05, 4.69) is 0 Å². The number of benzene rings is 1. The second-order valence-electron chi connectivity index (χ2n) is 3.45. The summed E-state index contributed by atoms with van der Waals surface area (Å²) >= 11 is 5.94. The molecule has 0 saturated heterocycles. The Hall–Kier alpha value is -1.06. The van der Waals surface area contributed by atoms with E-state index in [0.717, 1.165) is 12.0 Å². The highest BCUT2D eigenvalue weighted by Crippen LogP contribution is 2.28. The van der Waals surface area contributed by atoms with Crippen LogP contribution in [0.15, 0.2) is 12.1 Å². The second-order valence-corrected chi connectivity index (χ2v) is 3.89. The van der Waals surface area contributed by atoms with Crippen molar-refractivity contribution in [3.63, 3.8) is 0 Å². The van der Waals surface area contributed by atoms with Gasteiger partial charge in [0.15, 0.2) is 5.78 Å². The van der Waals surface area contributed by atoms with Gasteiger partial charge in [0.1, 0.15) is 5.75 Å². The number of hydrogen-bond donors (Lipinski definition) is 1. The first-order valence-corrected chi connectivity index (χ1v) is 5.61. The molecule has 0 radical (unpaired) electrons. The minimum absolute atomic E-state index is 0.0140. The Kier molecular flexibility index (Phi) is 4.77. The Labute approximate surface area is 101 Å². The molecule has 0 aromatic heterocycles. The van der Waals surface area contributed by atoms with Crippen molar-refractivity contribution in [1.82, 2.24) is 0 Å². The van der Waals surface area contributed by atoms with Crippen molar-refractivity contribution in [2.45, 2.75) is 19.8 Å². The summed E-state index contributed by atoms with van der Waals surface area (Å²) in [6, 6.07) is 3.40.